The second-order valence-corrected chi connectivity index (χ2v) is 7.02. The van der Waals surface area contributed by atoms with Crippen molar-refractivity contribution in [2.45, 2.75) is 31.3 Å². The lowest BCUT2D eigenvalue weighted by Gasteiger charge is -2.52. The number of nitrogens with one attached hydrogen (secondary N) is 1. The highest BCUT2D eigenvalue weighted by atomic mass is 15.3. The number of rotatable bonds is 2. The first-order valence-corrected chi connectivity index (χ1v) is 8.29. The number of likely N-dealkylation sites (N-methyl/N-ethyl adjacent to an activating group) is 1. The van der Waals surface area contributed by atoms with Crippen LogP contribution in [0.1, 0.15) is 35.2 Å². The van der Waals surface area contributed by atoms with Gasteiger partial charge in [-0.15, -0.1) is 0 Å². The van der Waals surface area contributed by atoms with E-state index in [1.54, 1.807) is 0 Å². The van der Waals surface area contributed by atoms with Crippen molar-refractivity contribution in [2.24, 2.45) is 0 Å². The molecular formula is C20H24N2. The summed E-state index contributed by atoms with van der Waals surface area (Å²) in [6.45, 7) is 4.53. The van der Waals surface area contributed by atoms with Crippen LogP contribution in [0.5, 0.6) is 0 Å². The third kappa shape index (κ3) is 2.18. The lowest BCUT2D eigenvalue weighted by Crippen LogP contribution is -2.67. The fourth-order valence-electron chi connectivity index (χ4n) is 4.08. The van der Waals surface area contributed by atoms with Crippen LogP contribution < -0.4 is 5.32 Å². The molecular weight excluding hydrogens is 268 g/mol. The Hall–Kier alpha value is -1.64. The van der Waals surface area contributed by atoms with Gasteiger partial charge in [0.15, 0.2) is 0 Å². The molecule has 1 saturated heterocycles. The van der Waals surface area contributed by atoms with E-state index in [4.69, 9.17) is 0 Å². The van der Waals surface area contributed by atoms with Gasteiger partial charge < -0.3 is 5.32 Å². The van der Waals surface area contributed by atoms with Gasteiger partial charge in [0.05, 0.1) is 6.04 Å². The molecule has 1 N–H and O–H groups in total. The monoisotopic (exact) mass is 292 g/mol. The van der Waals surface area contributed by atoms with Gasteiger partial charge >= 0.3 is 0 Å². The lowest BCUT2D eigenvalue weighted by molar-refractivity contribution is 0.0336. The van der Waals surface area contributed by atoms with E-state index < -0.39 is 0 Å². The van der Waals surface area contributed by atoms with Crippen molar-refractivity contribution in [3.05, 3.63) is 70.8 Å². The Balaban J connectivity index is 1.79. The van der Waals surface area contributed by atoms with Gasteiger partial charge in [0.25, 0.3) is 0 Å². The van der Waals surface area contributed by atoms with Crippen LogP contribution in [0.15, 0.2) is 48.5 Å². The minimum absolute atomic E-state index is 0.260. The number of likely N-dealkylation sites (tertiary alicyclic amines) is 1. The van der Waals surface area contributed by atoms with Crippen LogP contribution in [0.25, 0.3) is 0 Å². The zero-order chi connectivity index (χ0) is 15.2. The Labute approximate surface area is 133 Å². The first kappa shape index (κ1) is 14.0. The summed E-state index contributed by atoms with van der Waals surface area (Å²) in [5.41, 5.74) is 6.30. The van der Waals surface area contributed by atoms with Crippen LogP contribution >= 0.6 is 0 Å². The molecule has 1 fully saturated rings. The van der Waals surface area contributed by atoms with E-state index in [1.807, 2.05) is 0 Å². The predicted molar refractivity (Wildman–Crippen MR) is 91.2 cm³/mol. The van der Waals surface area contributed by atoms with Gasteiger partial charge in [-0.3, -0.25) is 4.90 Å². The van der Waals surface area contributed by atoms with Gasteiger partial charge in [0, 0.05) is 18.6 Å². The molecule has 2 aromatic rings. The molecule has 2 aromatic carbocycles. The summed E-state index contributed by atoms with van der Waals surface area (Å²) < 4.78 is 0. The van der Waals surface area contributed by atoms with Crippen molar-refractivity contribution in [3.8, 4) is 0 Å². The van der Waals surface area contributed by atoms with Crippen LogP contribution in [0.2, 0.25) is 0 Å². The molecule has 1 heterocycles. The third-order valence-corrected chi connectivity index (χ3v) is 5.44. The van der Waals surface area contributed by atoms with Crippen LogP contribution in [0, 0.1) is 0 Å². The summed E-state index contributed by atoms with van der Waals surface area (Å²) in [4.78, 5) is 2.62. The van der Waals surface area contributed by atoms with E-state index >= 15 is 0 Å². The number of hydrogen-bond acceptors (Lipinski definition) is 2. The molecule has 22 heavy (non-hydrogen) atoms. The molecule has 0 aromatic heterocycles. The minimum Gasteiger partial charge on any atom is -0.312 e. The molecule has 0 amide bonds. The second-order valence-electron chi connectivity index (χ2n) is 7.02. The first-order valence-electron chi connectivity index (χ1n) is 8.29. The highest BCUT2D eigenvalue weighted by Crippen LogP contribution is 2.40. The average molecular weight is 292 g/mol. The third-order valence-electron chi connectivity index (χ3n) is 5.44. The smallest absolute Gasteiger partial charge is 0.0608 e. The predicted octanol–water partition coefficient (Wildman–Crippen LogP) is 3.17. The van der Waals surface area contributed by atoms with Crippen molar-refractivity contribution in [2.75, 3.05) is 20.1 Å². The molecule has 0 bridgehead atoms. The Morgan fingerprint density at radius 3 is 1.91 bits per heavy atom. The van der Waals surface area contributed by atoms with E-state index in [9.17, 15) is 0 Å². The highest BCUT2D eigenvalue weighted by molar-refractivity contribution is 5.45. The Morgan fingerprint density at radius 2 is 1.41 bits per heavy atom. The Morgan fingerprint density at radius 1 is 0.909 bits per heavy atom. The van der Waals surface area contributed by atoms with Crippen molar-refractivity contribution in [1.82, 2.24) is 10.2 Å². The maximum Gasteiger partial charge on any atom is 0.0608 e. The van der Waals surface area contributed by atoms with E-state index in [0.717, 1.165) is 25.9 Å². The van der Waals surface area contributed by atoms with Gasteiger partial charge in [-0.25, -0.2) is 0 Å². The van der Waals surface area contributed by atoms with Gasteiger partial charge in [-0.05, 0) is 49.1 Å². The van der Waals surface area contributed by atoms with Crippen LogP contribution in [-0.4, -0.2) is 30.6 Å². The highest BCUT2D eigenvalue weighted by Gasteiger charge is 2.42. The zero-order valence-electron chi connectivity index (χ0n) is 13.5. The molecule has 1 aliphatic carbocycles. The topological polar surface area (TPSA) is 15.3 Å². The number of nitrogens with zero attached hydrogens (tertiary/aromatic N) is 1. The van der Waals surface area contributed by atoms with E-state index in [0.29, 0.717) is 6.04 Å². The lowest BCUT2D eigenvalue weighted by atomic mass is 9.85. The first-order chi connectivity index (χ1) is 10.7. The maximum absolute atomic E-state index is 3.47. The van der Waals surface area contributed by atoms with Crippen molar-refractivity contribution >= 4 is 0 Å². The Kier molecular flexibility index (Phi) is 3.32. The minimum atomic E-state index is 0.260. The summed E-state index contributed by atoms with van der Waals surface area (Å²) in [6, 6.07) is 18.4. The number of fused-ring (bicyclic) bond motifs is 2. The molecule has 0 radical (unpaired) electrons. The molecule has 0 spiro atoms. The summed E-state index contributed by atoms with van der Waals surface area (Å²) in [7, 11) is 2.08. The van der Waals surface area contributed by atoms with E-state index in [1.165, 1.54) is 22.3 Å². The normalized spacial score (nSPS) is 20.6. The molecule has 2 aliphatic rings. The van der Waals surface area contributed by atoms with E-state index in [-0.39, 0.29) is 5.54 Å². The van der Waals surface area contributed by atoms with E-state index in [2.05, 4.69) is 72.7 Å². The summed E-state index contributed by atoms with van der Waals surface area (Å²) in [5, 5.41) is 3.47. The molecule has 2 heteroatoms. The molecule has 114 valence electrons. The van der Waals surface area contributed by atoms with Crippen molar-refractivity contribution in [1.29, 1.82) is 0 Å². The molecule has 0 saturated carbocycles. The fraction of sp³-hybridized carbons (Fsp3) is 0.400. The van der Waals surface area contributed by atoms with Gasteiger partial charge in [-0.2, -0.15) is 0 Å². The molecule has 1 aliphatic heterocycles. The average Bonchev–Trinajstić information content (AvgIpc) is 2.69. The summed E-state index contributed by atoms with van der Waals surface area (Å²) >= 11 is 0. The van der Waals surface area contributed by atoms with Crippen LogP contribution in [0.4, 0.5) is 0 Å². The standard InChI is InChI=1S/C20H24N2/c1-20(21-2)13-22(14-20)19-17-9-5-3-7-15(17)11-12-16-8-4-6-10-18(16)19/h3-10,19,21H,11-14H2,1-2H3. The summed E-state index contributed by atoms with van der Waals surface area (Å²) in [6.07, 6.45) is 2.31. The Bertz CT molecular complexity index is 638. The second kappa shape index (κ2) is 5.22. The van der Waals surface area contributed by atoms with Crippen LogP contribution in [-0.2, 0) is 12.8 Å². The number of benzene rings is 2. The van der Waals surface area contributed by atoms with Gasteiger partial charge in [0.1, 0.15) is 0 Å². The largest absolute Gasteiger partial charge is 0.312 e. The SMILES string of the molecule is CNC1(C)CN(C2c3ccccc3CCc3ccccc32)C1. The number of aryl methyl sites for hydroxylation is 2. The molecule has 2 nitrogen and oxygen atoms in total. The molecule has 4 rings (SSSR count). The quantitative estimate of drug-likeness (QED) is 0.914. The fourth-order valence-corrected chi connectivity index (χ4v) is 4.08. The van der Waals surface area contributed by atoms with Gasteiger partial charge in [0.2, 0.25) is 0 Å². The van der Waals surface area contributed by atoms with Gasteiger partial charge in [-0.1, -0.05) is 48.5 Å². The van der Waals surface area contributed by atoms with Crippen molar-refractivity contribution in [3.63, 3.8) is 0 Å². The zero-order valence-corrected chi connectivity index (χ0v) is 13.5. The van der Waals surface area contributed by atoms with Crippen molar-refractivity contribution < 1.29 is 0 Å². The summed E-state index contributed by atoms with van der Waals surface area (Å²) in [5.74, 6) is 0. The van der Waals surface area contributed by atoms with Crippen LogP contribution in [0.3, 0.4) is 0 Å². The molecule has 0 unspecified atom stereocenters. The maximum atomic E-state index is 3.47. The molecule has 0 atom stereocenters. The number of hydrogen-bond donors (Lipinski definition) is 1.